The van der Waals surface area contributed by atoms with Crippen molar-refractivity contribution in [2.75, 3.05) is 46.8 Å². The second-order valence-electron chi connectivity index (χ2n) is 12.6. The molecule has 0 aliphatic carbocycles. The molecule has 2 heterocycles. The fraction of sp³-hybridized carbons (Fsp3) is 0.279. The maximum atomic E-state index is 13.6. The Morgan fingerprint density at radius 1 is 0.786 bits per heavy atom. The highest BCUT2D eigenvalue weighted by molar-refractivity contribution is 5.89. The molecular weight excluding hydrogens is 718 g/mol. The van der Waals surface area contributed by atoms with Gasteiger partial charge in [-0.1, -0.05) is 29.5 Å². The molecule has 0 bridgehead atoms. The molecule has 56 heavy (non-hydrogen) atoms. The Labute approximate surface area is 323 Å². The normalized spacial score (nSPS) is 11.0. The molecule has 0 atom stereocenters. The van der Waals surface area contributed by atoms with Crippen molar-refractivity contribution >= 4 is 23.2 Å². The van der Waals surface area contributed by atoms with E-state index >= 15 is 0 Å². The van der Waals surface area contributed by atoms with Crippen molar-refractivity contribution in [1.82, 2.24) is 15.0 Å². The van der Waals surface area contributed by atoms with Crippen molar-refractivity contribution in [3.05, 3.63) is 136 Å². The van der Waals surface area contributed by atoms with Crippen LogP contribution in [0.25, 0.3) is 22.3 Å². The number of aldehydes is 1. The van der Waals surface area contributed by atoms with Crippen LogP contribution in [0, 0.1) is 0 Å². The zero-order chi connectivity index (χ0) is 39.0. The van der Waals surface area contributed by atoms with E-state index in [1.807, 2.05) is 6.20 Å². The van der Waals surface area contributed by atoms with Gasteiger partial charge in [0.25, 0.3) is 0 Å². The summed E-state index contributed by atoms with van der Waals surface area (Å²) in [7, 11) is 1.32. The fourth-order valence-corrected chi connectivity index (χ4v) is 5.71. The summed E-state index contributed by atoms with van der Waals surface area (Å²) in [6, 6.07) is 28.1. The number of carbonyl (C=O) groups excluding carboxylic acids is 2. The summed E-state index contributed by atoms with van der Waals surface area (Å²) in [6.07, 6.45) is 5.36. The number of esters is 1. The zero-order valence-electron chi connectivity index (χ0n) is 31.1. The zero-order valence-corrected chi connectivity index (χ0v) is 31.1. The molecule has 0 N–H and O–H groups in total. The molecule has 2 aromatic heterocycles. The highest BCUT2D eigenvalue weighted by Gasteiger charge is 2.18. The van der Waals surface area contributed by atoms with Gasteiger partial charge in [0, 0.05) is 17.3 Å². The van der Waals surface area contributed by atoms with Crippen LogP contribution in [-0.2, 0) is 33.8 Å². The summed E-state index contributed by atoms with van der Waals surface area (Å²) in [6.45, 7) is 3.28. The smallest absolute Gasteiger partial charge is 0.337 e. The summed E-state index contributed by atoms with van der Waals surface area (Å²) in [5, 5.41) is 8.82. The third kappa shape index (κ3) is 11.1. The van der Waals surface area contributed by atoms with Crippen molar-refractivity contribution in [1.29, 1.82) is 0 Å². The number of aryl methyl sites for hydroxylation is 1. The molecule has 290 valence electrons. The standard InChI is InChI=1S/C43H43N3O10/c1-50-43(49)34-8-6-7-32(27-34)30-55-42-40(48)38-10-2-3-11-39(38)56-41(42)33-14-18-37(19-15-33)54-26-25-52-24-23-51-22-20-46-28-35(44-45-46)9-4-5-21-53-36-16-12-31(29-47)13-17-36/h2-3,6-8,10-19,27-29H,4-5,9,20-26,30H2,1H3. The molecule has 0 unspecified atom stereocenters. The molecule has 0 spiro atoms. The van der Waals surface area contributed by atoms with Gasteiger partial charge in [-0.2, -0.15) is 0 Å². The molecule has 0 aliphatic rings. The third-order valence-corrected chi connectivity index (χ3v) is 8.64. The number of aromatic nitrogens is 3. The third-order valence-electron chi connectivity index (χ3n) is 8.64. The van der Waals surface area contributed by atoms with E-state index in [9.17, 15) is 14.4 Å². The largest absolute Gasteiger partial charge is 0.494 e. The molecule has 0 fully saturated rings. The SMILES string of the molecule is COC(=O)c1cccc(COc2c(-c3ccc(OCCOCCOCCn4cc(CCCCOc5ccc(C=O)cc5)nn4)cc3)oc3ccccc3c2=O)c1. The molecule has 0 saturated carbocycles. The number of hydrogen-bond acceptors (Lipinski definition) is 12. The van der Waals surface area contributed by atoms with Crippen molar-refractivity contribution in [3.63, 3.8) is 0 Å². The van der Waals surface area contributed by atoms with Crippen LogP contribution in [0.3, 0.4) is 0 Å². The first-order valence-electron chi connectivity index (χ1n) is 18.3. The Morgan fingerprint density at radius 2 is 1.52 bits per heavy atom. The van der Waals surface area contributed by atoms with Gasteiger partial charge in [0.1, 0.15) is 36.6 Å². The Kier molecular flexibility index (Phi) is 14.3. The van der Waals surface area contributed by atoms with E-state index in [2.05, 4.69) is 10.3 Å². The maximum Gasteiger partial charge on any atom is 0.337 e. The molecule has 13 nitrogen and oxygen atoms in total. The average molecular weight is 762 g/mol. The Morgan fingerprint density at radius 3 is 2.30 bits per heavy atom. The van der Waals surface area contributed by atoms with Crippen molar-refractivity contribution in [2.45, 2.75) is 32.4 Å². The van der Waals surface area contributed by atoms with E-state index in [1.165, 1.54) is 7.11 Å². The van der Waals surface area contributed by atoms with Crippen molar-refractivity contribution in [3.8, 4) is 28.6 Å². The van der Waals surface area contributed by atoms with E-state index in [0.29, 0.717) is 85.2 Å². The van der Waals surface area contributed by atoms with E-state index in [4.69, 9.17) is 32.8 Å². The van der Waals surface area contributed by atoms with E-state index in [0.717, 1.165) is 37.0 Å². The highest BCUT2D eigenvalue weighted by Crippen LogP contribution is 2.32. The summed E-state index contributed by atoms with van der Waals surface area (Å²) >= 11 is 0. The van der Waals surface area contributed by atoms with Gasteiger partial charge in [0.15, 0.2) is 5.76 Å². The number of unbranched alkanes of at least 4 members (excludes halogenated alkanes) is 1. The van der Waals surface area contributed by atoms with Gasteiger partial charge >= 0.3 is 5.97 Å². The van der Waals surface area contributed by atoms with Gasteiger partial charge in [0.05, 0.1) is 63.3 Å². The van der Waals surface area contributed by atoms with Gasteiger partial charge in [-0.25, -0.2) is 9.48 Å². The molecule has 13 heteroatoms. The van der Waals surface area contributed by atoms with Gasteiger partial charge in [0.2, 0.25) is 11.2 Å². The van der Waals surface area contributed by atoms with Crippen LogP contribution in [0.15, 0.2) is 112 Å². The highest BCUT2D eigenvalue weighted by atomic mass is 16.5. The molecule has 0 aliphatic heterocycles. The maximum absolute atomic E-state index is 13.6. The predicted molar refractivity (Wildman–Crippen MR) is 207 cm³/mol. The average Bonchev–Trinajstić information content (AvgIpc) is 3.70. The quantitative estimate of drug-likeness (QED) is 0.0409. The number of benzene rings is 4. The predicted octanol–water partition coefficient (Wildman–Crippen LogP) is 6.74. The van der Waals surface area contributed by atoms with Crippen LogP contribution in [0.5, 0.6) is 17.2 Å². The lowest BCUT2D eigenvalue weighted by atomic mass is 10.1. The first-order chi connectivity index (χ1) is 27.5. The van der Waals surface area contributed by atoms with E-state index in [-0.39, 0.29) is 23.5 Å². The number of methoxy groups -OCH3 is 1. The number of rotatable bonds is 22. The second kappa shape index (κ2) is 20.4. The first-order valence-corrected chi connectivity index (χ1v) is 18.3. The Hall–Kier alpha value is -6.31. The first kappa shape index (κ1) is 39.4. The Balaban J connectivity index is 0.884. The number of para-hydroxylation sites is 1. The van der Waals surface area contributed by atoms with E-state index in [1.54, 1.807) is 102 Å². The lowest BCUT2D eigenvalue weighted by Crippen LogP contribution is -2.13. The van der Waals surface area contributed by atoms with Crippen molar-refractivity contribution in [2.24, 2.45) is 0 Å². The molecule has 0 saturated heterocycles. The minimum atomic E-state index is -0.459. The molecule has 0 radical (unpaired) electrons. The number of hydrogen-bond donors (Lipinski definition) is 0. The minimum absolute atomic E-state index is 0.0388. The monoisotopic (exact) mass is 761 g/mol. The molecule has 0 amide bonds. The molecule has 4 aromatic carbocycles. The summed E-state index contributed by atoms with van der Waals surface area (Å²) < 4.78 is 41.8. The second-order valence-corrected chi connectivity index (χ2v) is 12.6. The number of nitrogens with zero attached hydrogens (tertiary/aromatic N) is 3. The molecule has 6 rings (SSSR count). The molecule has 6 aromatic rings. The molecular formula is C43H43N3O10. The van der Waals surface area contributed by atoms with E-state index < -0.39 is 5.97 Å². The minimum Gasteiger partial charge on any atom is -0.494 e. The number of fused-ring (bicyclic) bond motifs is 1. The van der Waals surface area contributed by atoms with Gasteiger partial charge < -0.3 is 32.8 Å². The number of ether oxygens (including phenoxy) is 6. The van der Waals surface area contributed by atoms with Crippen LogP contribution >= 0.6 is 0 Å². The van der Waals surface area contributed by atoms with Crippen LogP contribution in [-0.4, -0.2) is 74.0 Å². The fourth-order valence-electron chi connectivity index (χ4n) is 5.71. The lowest BCUT2D eigenvalue weighted by molar-refractivity contribution is 0.0333. The van der Waals surface area contributed by atoms with Crippen molar-refractivity contribution < 1.29 is 42.4 Å². The van der Waals surface area contributed by atoms with Crippen LogP contribution in [0.2, 0.25) is 0 Å². The lowest BCUT2D eigenvalue weighted by Gasteiger charge is -2.13. The van der Waals surface area contributed by atoms with Crippen LogP contribution in [0.1, 0.15) is 44.8 Å². The topological polar surface area (TPSA) is 150 Å². The summed E-state index contributed by atoms with van der Waals surface area (Å²) in [5.74, 6) is 1.27. The van der Waals surface area contributed by atoms with Crippen LogP contribution < -0.4 is 19.6 Å². The Bertz CT molecular complexity index is 2230. The van der Waals surface area contributed by atoms with Gasteiger partial charge in [-0.15, -0.1) is 5.10 Å². The van der Waals surface area contributed by atoms with Gasteiger partial charge in [-0.05, 0) is 97.6 Å². The van der Waals surface area contributed by atoms with Crippen LogP contribution in [0.4, 0.5) is 0 Å². The van der Waals surface area contributed by atoms with Gasteiger partial charge in [-0.3, -0.25) is 9.59 Å². The number of carbonyl (C=O) groups is 2. The summed E-state index contributed by atoms with van der Waals surface area (Å²) in [4.78, 5) is 36.3. The summed E-state index contributed by atoms with van der Waals surface area (Å²) in [5.41, 5.74) is 3.40.